The maximum Gasteiger partial charge on any atom is 0.0806 e. The van der Waals surface area contributed by atoms with Gasteiger partial charge in [-0.25, -0.2) is 0 Å². The van der Waals surface area contributed by atoms with Crippen molar-refractivity contribution in [3.8, 4) is 0 Å². The van der Waals surface area contributed by atoms with Crippen LogP contribution in [0.15, 0.2) is 0 Å². The molecule has 92 valence electrons. The average Bonchev–Trinajstić information content (AvgIpc) is 2.78. The van der Waals surface area contributed by atoms with E-state index in [1.54, 1.807) is 0 Å². The predicted molar refractivity (Wildman–Crippen MR) is 58.7 cm³/mol. The summed E-state index contributed by atoms with van der Waals surface area (Å²) in [6.07, 6.45) is 6.13. The van der Waals surface area contributed by atoms with Crippen LogP contribution in [0.5, 0.6) is 0 Å². The predicted octanol–water partition coefficient (Wildman–Crippen LogP) is 0.689. The molecule has 0 amide bonds. The van der Waals surface area contributed by atoms with Crippen LogP contribution in [-0.4, -0.2) is 47.9 Å². The van der Waals surface area contributed by atoms with Gasteiger partial charge in [0.15, 0.2) is 0 Å². The smallest absolute Gasteiger partial charge is 0.0806 e. The first-order valence-corrected chi connectivity index (χ1v) is 5.79. The quantitative estimate of drug-likeness (QED) is 0.576. The van der Waals surface area contributed by atoms with Crippen LogP contribution in [0, 0.1) is 0 Å². The second kappa shape index (κ2) is 11.9. The van der Waals surface area contributed by atoms with Gasteiger partial charge in [0.2, 0.25) is 0 Å². The Bertz CT molecular complexity index is 107. The molecule has 1 aliphatic rings. The molecule has 0 spiro atoms. The molecule has 0 aliphatic carbocycles. The Kier molecular flexibility index (Phi) is 11.8. The molecule has 1 atom stereocenters. The maximum atomic E-state index is 8.44. The molecule has 1 unspecified atom stereocenters. The molecule has 1 aliphatic heterocycles. The minimum atomic E-state index is 0.153. The van der Waals surface area contributed by atoms with Crippen molar-refractivity contribution in [1.29, 1.82) is 0 Å². The zero-order chi connectivity index (χ0) is 11.4. The van der Waals surface area contributed by atoms with Gasteiger partial charge in [-0.3, -0.25) is 0 Å². The highest BCUT2D eigenvalue weighted by atomic mass is 16.5. The lowest BCUT2D eigenvalue weighted by atomic mass is 10.2. The summed E-state index contributed by atoms with van der Waals surface area (Å²) in [5.74, 6) is 0. The standard InChI is InChI=1S/C6H14O2.C5H10O2/c7-5-3-1-2-4-6-8;6-4-5-2-1-3-7-5/h7-8H,1-6H2;5-6H,1-4H2. The number of hydrogen-bond donors (Lipinski definition) is 3. The van der Waals surface area contributed by atoms with Gasteiger partial charge in [0.05, 0.1) is 12.7 Å². The highest BCUT2D eigenvalue weighted by Gasteiger charge is 2.12. The summed E-state index contributed by atoms with van der Waals surface area (Å²) >= 11 is 0. The molecule has 0 bridgehead atoms. The van der Waals surface area contributed by atoms with E-state index in [0.29, 0.717) is 0 Å². The van der Waals surface area contributed by atoms with Crippen LogP contribution < -0.4 is 0 Å². The van der Waals surface area contributed by atoms with Gasteiger partial charge in [0.25, 0.3) is 0 Å². The monoisotopic (exact) mass is 220 g/mol. The van der Waals surface area contributed by atoms with Crippen molar-refractivity contribution in [2.45, 2.75) is 44.6 Å². The first kappa shape index (κ1) is 14.8. The molecule has 1 rings (SSSR count). The van der Waals surface area contributed by atoms with Gasteiger partial charge in [-0.2, -0.15) is 0 Å². The number of unbranched alkanes of at least 4 members (excludes halogenated alkanes) is 3. The molecule has 0 radical (unpaired) electrons. The number of hydrogen-bond acceptors (Lipinski definition) is 4. The molecule has 1 fully saturated rings. The van der Waals surface area contributed by atoms with Crippen molar-refractivity contribution >= 4 is 0 Å². The van der Waals surface area contributed by atoms with Gasteiger partial charge in [-0.05, 0) is 25.7 Å². The van der Waals surface area contributed by atoms with Gasteiger partial charge < -0.3 is 20.1 Å². The van der Waals surface area contributed by atoms with Crippen molar-refractivity contribution < 1.29 is 20.1 Å². The van der Waals surface area contributed by atoms with Crippen LogP contribution >= 0.6 is 0 Å². The Morgan fingerprint density at radius 2 is 1.53 bits per heavy atom. The highest BCUT2D eigenvalue weighted by molar-refractivity contribution is 4.61. The van der Waals surface area contributed by atoms with Crippen molar-refractivity contribution in [3.05, 3.63) is 0 Å². The van der Waals surface area contributed by atoms with Crippen LogP contribution in [0.25, 0.3) is 0 Å². The number of ether oxygens (including phenoxy) is 1. The fraction of sp³-hybridized carbons (Fsp3) is 1.00. The van der Waals surface area contributed by atoms with E-state index in [0.717, 1.165) is 45.1 Å². The van der Waals surface area contributed by atoms with Crippen molar-refractivity contribution in [3.63, 3.8) is 0 Å². The van der Waals surface area contributed by atoms with Crippen LogP contribution in [0.4, 0.5) is 0 Å². The minimum Gasteiger partial charge on any atom is -0.396 e. The third-order valence-corrected chi connectivity index (χ3v) is 2.29. The van der Waals surface area contributed by atoms with Crippen LogP contribution in [0.1, 0.15) is 38.5 Å². The van der Waals surface area contributed by atoms with E-state index in [2.05, 4.69) is 0 Å². The Balaban J connectivity index is 0.000000262. The van der Waals surface area contributed by atoms with Crippen molar-refractivity contribution in [2.75, 3.05) is 26.4 Å². The van der Waals surface area contributed by atoms with Crippen molar-refractivity contribution in [2.24, 2.45) is 0 Å². The van der Waals surface area contributed by atoms with Gasteiger partial charge in [0, 0.05) is 19.8 Å². The number of aliphatic hydroxyl groups is 3. The zero-order valence-electron chi connectivity index (χ0n) is 9.40. The van der Waals surface area contributed by atoms with E-state index in [1.807, 2.05) is 0 Å². The number of aliphatic hydroxyl groups excluding tert-OH is 3. The number of rotatable bonds is 6. The molecular weight excluding hydrogens is 196 g/mol. The Hall–Kier alpha value is -0.160. The van der Waals surface area contributed by atoms with E-state index < -0.39 is 0 Å². The molecule has 4 heteroatoms. The fourth-order valence-electron chi connectivity index (χ4n) is 1.37. The van der Waals surface area contributed by atoms with E-state index >= 15 is 0 Å². The van der Waals surface area contributed by atoms with Crippen LogP contribution in [0.3, 0.4) is 0 Å². The second-order valence-corrected chi connectivity index (χ2v) is 3.68. The van der Waals surface area contributed by atoms with Gasteiger partial charge >= 0.3 is 0 Å². The fourth-order valence-corrected chi connectivity index (χ4v) is 1.37. The molecule has 0 saturated carbocycles. The van der Waals surface area contributed by atoms with Crippen LogP contribution in [0.2, 0.25) is 0 Å². The largest absolute Gasteiger partial charge is 0.396 e. The lowest BCUT2D eigenvalue weighted by Gasteiger charge is -2.00. The summed E-state index contributed by atoms with van der Waals surface area (Å²) in [6, 6.07) is 0. The summed E-state index contributed by atoms with van der Waals surface area (Å²) in [5, 5.41) is 25.0. The SMILES string of the molecule is OCC1CCCO1.OCCCCCCO. The Morgan fingerprint density at radius 3 is 1.80 bits per heavy atom. The molecule has 4 nitrogen and oxygen atoms in total. The van der Waals surface area contributed by atoms with Gasteiger partial charge in [0.1, 0.15) is 0 Å². The molecule has 0 aromatic rings. The topological polar surface area (TPSA) is 69.9 Å². The van der Waals surface area contributed by atoms with Crippen LogP contribution in [-0.2, 0) is 4.74 Å². The summed E-state index contributed by atoms with van der Waals surface area (Å²) in [5.41, 5.74) is 0. The molecular formula is C11H24O4. The van der Waals surface area contributed by atoms with Gasteiger partial charge in [-0.1, -0.05) is 12.8 Å². The minimum absolute atomic E-state index is 0.153. The summed E-state index contributed by atoms with van der Waals surface area (Å²) in [4.78, 5) is 0. The molecule has 3 N–H and O–H groups in total. The molecule has 0 aromatic carbocycles. The molecule has 15 heavy (non-hydrogen) atoms. The third kappa shape index (κ3) is 10.1. The third-order valence-electron chi connectivity index (χ3n) is 2.29. The Labute approximate surface area is 91.9 Å². The maximum absolute atomic E-state index is 8.44. The lowest BCUT2D eigenvalue weighted by Crippen LogP contribution is -2.09. The zero-order valence-corrected chi connectivity index (χ0v) is 9.40. The van der Waals surface area contributed by atoms with E-state index in [1.165, 1.54) is 0 Å². The van der Waals surface area contributed by atoms with Crippen molar-refractivity contribution in [1.82, 2.24) is 0 Å². The molecule has 1 saturated heterocycles. The normalized spacial score (nSPS) is 19.8. The van der Waals surface area contributed by atoms with E-state index in [4.69, 9.17) is 20.1 Å². The Morgan fingerprint density at radius 1 is 0.933 bits per heavy atom. The molecule has 1 heterocycles. The van der Waals surface area contributed by atoms with E-state index in [-0.39, 0.29) is 25.9 Å². The average molecular weight is 220 g/mol. The highest BCUT2D eigenvalue weighted by Crippen LogP contribution is 2.09. The first-order chi connectivity index (χ1) is 7.35. The lowest BCUT2D eigenvalue weighted by molar-refractivity contribution is 0.0591. The summed E-state index contributed by atoms with van der Waals surface area (Å²) in [6.45, 7) is 1.60. The van der Waals surface area contributed by atoms with Gasteiger partial charge in [-0.15, -0.1) is 0 Å². The van der Waals surface area contributed by atoms with E-state index in [9.17, 15) is 0 Å². The summed E-state index contributed by atoms with van der Waals surface area (Å²) in [7, 11) is 0. The second-order valence-electron chi connectivity index (χ2n) is 3.68. The summed E-state index contributed by atoms with van der Waals surface area (Å²) < 4.78 is 5.05. The first-order valence-electron chi connectivity index (χ1n) is 5.79. The molecule has 0 aromatic heterocycles.